The quantitative estimate of drug-likeness (QED) is 0.877. The van der Waals surface area contributed by atoms with Gasteiger partial charge in [0.25, 0.3) is 0 Å². The molecular weight excluding hydrogens is 240 g/mol. The molecule has 100 valence electrons. The molecule has 0 aliphatic heterocycles. The van der Waals surface area contributed by atoms with Crippen molar-refractivity contribution in [3.05, 3.63) is 30.5 Å². The van der Waals surface area contributed by atoms with Crippen molar-refractivity contribution in [2.45, 2.75) is 13.8 Å². The van der Waals surface area contributed by atoms with Gasteiger partial charge < -0.3 is 10.6 Å². The predicted octanol–water partition coefficient (Wildman–Crippen LogP) is 1.81. The van der Waals surface area contributed by atoms with Crippen LogP contribution in [0.25, 0.3) is 11.0 Å². The van der Waals surface area contributed by atoms with Gasteiger partial charge in [-0.2, -0.15) is 0 Å². The number of anilines is 1. The number of aromatic nitrogens is 2. The SMILES string of the molecule is CNC(=O)C(C)(C)CNc1cnc2ccccc2n1. The molecule has 0 aliphatic rings. The Kier molecular flexibility index (Phi) is 3.64. The standard InChI is InChI=1S/C14H18N4O/c1-14(2,13(19)15-3)9-17-12-8-16-10-6-4-5-7-11(10)18-12/h4-8H,9H2,1-3H3,(H,15,19)(H,17,18). The number of para-hydroxylation sites is 2. The van der Waals surface area contributed by atoms with E-state index in [1.807, 2.05) is 38.1 Å². The maximum absolute atomic E-state index is 11.7. The number of hydrogen-bond donors (Lipinski definition) is 2. The van der Waals surface area contributed by atoms with Crippen LogP contribution in [0.3, 0.4) is 0 Å². The molecule has 0 aliphatic carbocycles. The van der Waals surface area contributed by atoms with Gasteiger partial charge in [-0.15, -0.1) is 0 Å². The Morgan fingerprint density at radius 1 is 1.26 bits per heavy atom. The second-order valence-corrected chi connectivity index (χ2v) is 5.06. The summed E-state index contributed by atoms with van der Waals surface area (Å²) in [6.07, 6.45) is 1.68. The highest BCUT2D eigenvalue weighted by Crippen LogP contribution is 2.17. The van der Waals surface area contributed by atoms with Crippen LogP contribution in [0.15, 0.2) is 30.5 Å². The molecule has 5 nitrogen and oxygen atoms in total. The van der Waals surface area contributed by atoms with Crippen LogP contribution in [0.5, 0.6) is 0 Å². The summed E-state index contributed by atoms with van der Waals surface area (Å²) in [7, 11) is 1.64. The number of rotatable bonds is 4. The van der Waals surface area contributed by atoms with Gasteiger partial charge in [0, 0.05) is 13.6 Å². The minimum Gasteiger partial charge on any atom is -0.368 e. The number of fused-ring (bicyclic) bond motifs is 1. The fourth-order valence-corrected chi connectivity index (χ4v) is 1.77. The number of amides is 1. The first-order valence-corrected chi connectivity index (χ1v) is 6.21. The van der Waals surface area contributed by atoms with Crippen molar-refractivity contribution in [3.63, 3.8) is 0 Å². The molecule has 5 heteroatoms. The van der Waals surface area contributed by atoms with Crippen molar-refractivity contribution in [2.24, 2.45) is 5.41 Å². The van der Waals surface area contributed by atoms with Gasteiger partial charge in [0.15, 0.2) is 0 Å². The predicted molar refractivity (Wildman–Crippen MR) is 75.9 cm³/mol. The Labute approximate surface area is 112 Å². The molecule has 1 aromatic heterocycles. The normalized spacial score (nSPS) is 11.3. The van der Waals surface area contributed by atoms with Gasteiger partial charge in [-0.05, 0) is 26.0 Å². The van der Waals surface area contributed by atoms with Crippen molar-refractivity contribution < 1.29 is 4.79 Å². The van der Waals surface area contributed by atoms with Crippen LogP contribution in [0.4, 0.5) is 5.82 Å². The van der Waals surface area contributed by atoms with Crippen LogP contribution < -0.4 is 10.6 Å². The van der Waals surface area contributed by atoms with Crippen molar-refractivity contribution in [3.8, 4) is 0 Å². The molecule has 0 atom stereocenters. The summed E-state index contributed by atoms with van der Waals surface area (Å²) in [5.41, 5.74) is 1.20. The molecule has 19 heavy (non-hydrogen) atoms. The third-order valence-electron chi connectivity index (χ3n) is 3.00. The molecular formula is C14H18N4O. The van der Waals surface area contributed by atoms with E-state index >= 15 is 0 Å². The van der Waals surface area contributed by atoms with Gasteiger partial charge in [0.1, 0.15) is 5.82 Å². The van der Waals surface area contributed by atoms with Crippen molar-refractivity contribution in [1.82, 2.24) is 15.3 Å². The van der Waals surface area contributed by atoms with Gasteiger partial charge in [0.2, 0.25) is 5.91 Å². The molecule has 0 saturated heterocycles. The molecule has 0 fully saturated rings. The Bertz CT molecular complexity index is 595. The Morgan fingerprint density at radius 3 is 2.63 bits per heavy atom. The van der Waals surface area contributed by atoms with Crippen LogP contribution in [0, 0.1) is 5.41 Å². The van der Waals surface area contributed by atoms with Gasteiger partial charge in [-0.1, -0.05) is 12.1 Å². The van der Waals surface area contributed by atoms with Crippen molar-refractivity contribution >= 4 is 22.8 Å². The first-order valence-electron chi connectivity index (χ1n) is 6.21. The summed E-state index contributed by atoms with van der Waals surface area (Å²) in [5.74, 6) is 0.671. The third-order valence-corrected chi connectivity index (χ3v) is 3.00. The maximum Gasteiger partial charge on any atom is 0.227 e. The Balaban J connectivity index is 2.12. The molecule has 1 aromatic carbocycles. The average molecular weight is 258 g/mol. The lowest BCUT2D eigenvalue weighted by molar-refractivity contribution is -0.128. The van der Waals surface area contributed by atoms with E-state index in [2.05, 4.69) is 20.6 Å². The Morgan fingerprint density at radius 2 is 1.95 bits per heavy atom. The first-order chi connectivity index (χ1) is 9.03. The molecule has 2 aromatic rings. The van der Waals surface area contributed by atoms with E-state index in [1.54, 1.807) is 13.2 Å². The molecule has 1 amide bonds. The van der Waals surface area contributed by atoms with Crippen molar-refractivity contribution in [1.29, 1.82) is 0 Å². The number of nitrogens with one attached hydrogen (secondary N) is 2. The maximum atomic E-state index is 11.7. The van der Waals surface area contributed by atoms with E-state index in [4.69, 9.17) is 0 Å². The van der Waals surface area contributed by atoms with Gasteiger partial charge in [-0.25, -0.2) is 4.98 Å². The van der Waals surface area contributed by atoms with E-state index < -0.39 is 5.41 Å². The fourth-order valence-electron chi connectivity index (χ4n) is 1.77. The lowest BCUT2D eigenvalue weighted by Crippen LogP contribution is -2.39. The highest BCUT2D eigenvalue weighted by molar-refractivity contribution is 5.82. The fraction of sp³-hybridized carbons (Fsp3) is 0.357. The monoisotopic (exact) mass is 258 g/mol. The summed E-state index contributed by atoms with van der Waals surface area (Å²) in [5, 5.41) is 5.81. The number of carbonyl (C=O) groups is 1. The summed E-state index contributed by atoms with van der Waals surface area (Å²) in [6.45, 7) is 4.26. The molecule has 0 radical (unpaired) electrons. The largest absolute Gasteiger partial charge is 0.368 e. The minimum atomic E-state index is -0.498. The summed E-state index contributed by atoms with van der Waals surface area (Å²) in [4.78, 5) is 20.5. The molecule has 0 unspecified atom stereocenters. The topological polar surface area (TPSA) is 66.9 Å². The number of nitrogens with zero attached hydrogens (tertiary/aromatic N) is 2. The lowest BCUT2D eigenvalue weighted by atomic mass is 9.92. The smallest absolute Gasteiger partial charge is 0.227 e. The molecule has 2 rings (SSSR count). The van der Waals surface area contributed by atoms with Crippen LogP contribution in [-0.2, 0) is 4.79 Å². The highest BCUT2D eigenvalue weighted by Gasteiger charge is 2.26. The number of benzene rings is 1. The third kappa shape index (κ3) is 2.99. The summed E-state index contributed by atoms with van der Waals surface area (Å²) in [6, 6.07) is 7.69. The van der Waals surface area contributed by atoms with Crippen LogP contribution in [-0.4, -0.2) is 29.5 Å². The average Bonchev–Trinajstić information content (AvgIpc) is 2.44. The zero-order valence-electron chi connectivity index (χ0n) is 11.4. The summed E-state index contributed by atoms with van der Waals surface area (Å²) < 4.78 is 0. The second kappa shape index (κ2) is 5.22. The number of carbonyl (C=O) groups excluding carboxylic acids is 1. The molecule has 2 N–H and O–H groups in total. The van der Waals surface area contributed by atoms with Crippen molar-refractivity contribution in [2.75, 3.05) is 18.9 Å². The van der Waals surface area contributed by atoms with Crippen LogP contribution in [0.1, 0.15) is 13.8 Å². The zero-order valence-corrected chi connectivity index (χ0v) is 11.4. The first kappa shape index (κ1) is 13.3. The minimum absolute atomic E-state index is 0.00579. The summed E-state index contributed by atoms with van der Waals surface area (Å²) >= 11 is 0. The zero-order chi connectivity index (χ0) is 13.9. The van der Waals surface area contributed by atoms with E-state index in [9.17, 15) is 4.79 Å². The van der Waals surface area contributed by atoms with Crippen LogP contribution >= 0.6 is 0 Å². The molecule has 0 saturated carbocycles. The van der Waals surface area contributed by atoms with E-state index in [0.717, 1.165) is 11.0 Å². The molecule has 1 heterocycles. The molecule has 0 spiro atoms. The van der Waals surface area contributed by atoms with E-state index in [1.165, 1.54) is 0 Å². The van der Waals surface area contributed by atoms with Gasteiger partial charge in [-0.3, -0.25) is 9.78 Å². The van der Waals surface area contributed by atoms with Gasteiger partial charge in [0.05, 0.1) is 22.6 Å². The molecule has 0 bridgehead atoms. The van der Waals surface area contributed by atoms with E-state index in [-0.39, 0.29) is 5.91 Å². The second-order valence-electron chi connectivity index (χ2n) is 5.06. The number of hydrogen-bond acceptors (Lipinski definition) is 4. The van der Waals surface area contributed by atoms with E-state index in [0.29, 0.717) is 12.4 Å². The highest BCUT2D eigenvalue weighted by atomic mass is 16.2. The van der Waals surface area contributed by atoms with Crippen LogP contribution in [0.2, 0.25) is 0 Å². The lowest BCUT2D eigenvalue weighted by Gasteiger charge is -2.23. The Hall–Kier alpha value is -2.17. The van der Waals surface area contributed by atoms with Gasteiger partial charge >= 0.3 is 0 Å².